The number of amides is 2. The van der Waals surface area contributed by atoms with Crippen molar-refractivity contribution in [2.75, 3.05) is 17.1 Å². The predicted octanol–water partition coefficient (Wildman–Crippen LogP) is 5.67. The van der Waals surface area contributed by atoms with Crippen molar-refractivity contribution in [2.45, 2.75) is 64.1 Å². The second kappa shape index (κ2) is 13.2. The number of halogens is 3. The number of carbonyl (C=O) groups is 2. The van der Waals surface area contributed by atoms with Crippen molar-refractivity contribution >= 4 is 62.3 Å². The number of anilines is 1. The van der Waals surface area contributed by atoms with Crippen LogP contribution < -0.4 is 9.62 Å². The van der Waals surface area contributed by atoms with Crippen molar-refractivity contribution in [1.82, 2.24) is 10.2 Å². The summed E-state index contributed by atoms with van der Waals surface area (Å²) in [4.78, 5) is 27.9. The normalized spacial score (nSPS) is 14.8. The van der Waals surface area contributed by atoms with E-state index in [9.17, 15) is 18.0 Å². The molecule has 0 spiro atoms. The number of hydrogen-bond donors (Lipinski definition) is 1. The Morgan fingerprint density at radius 2 is 1.73 bits per heavy atom. The maximum absolute atomic E-state index is 13.4. The Balaban J connectivity index is 1.74. The molecule has 1 N–H and O–H groups in total. The summed E-state index contributed by atoms with van der Waals surface area (Å²) in [6.45, 7) is 1.94. The zero-order valence-corrected chi connectivity index (χ0v) is 24.0. The van der Waals surface area contributed by atoms with Crippen LogP contribution in [-0.2, 0) is 26.2 Å². The van der Waals surface area contributed by atoms with Crippen LogP contribution in [0.2, 0.25) is 15.1 Å². The summed E-state index contributed by atoms with van der Waals surface area (Å²) < 4.78 is 26.2. The highest BCUT2D eigenvalue weighted by molar-refractivity contribution is 7.92. The number of benzene rings is 2. The smallest absolute Gasteiger partial charge is 0.242 e. The molecule has 1 aliphatic carbocycles. The molecule has 1 unspecified atom stereocenters. The van der Waals surface area contributed by atoms with E-state index >= 15 is 0 Å². The van der Waals surface area contributed by atoms with Crippen LogP contribution in [0, 0.1) is 0 Å². The van der Waals surface area contributed by atoms with Crippen molar-refractivity contribution in [3.8, 4) is 0 Å². The monoisotopic (exact) mass is 587 g/mol. The number of nitrogens with one attached hydrogen (secondary N) is 1. The van der Waals surface area contributed by atoms with Gasteiger partial charge in [-0.15, -0.1) is 0 Å². The van der Waals surface area contributed by atoms with Crippen LogP contribution in [0.15, 0.2) is 42.5 Å². The fraction of sp³-hybridized carbons (Fsp3) is 0.462. The maximum atomic E-state index is 13.4. The lowest BCUT2D eigenvalue weighted by atomic mass is 10.1. The summed E-state index contributed by atoms with van der Waals surface area (Å²) in [5.74, 6) is -0.467. The zero-order chi connectivity index (χ0) is 27.2. The number of sulfonamides is 1. The average Bonchev–Trinajstić information content (AvgIpc) is 3.34. The number of rotatable bonds is 11. The molecule has 3 rings (SSSR count). The van der Waals surface area contributed by atoms with Gasteiger partial charge in [0.1, 0.15) is 6.04 Å². The van der Waals surface area contributed by atoms with Crippen LogP contribution in [0.25, 0.3) is 0 Å². The third kappa shape index (κ3) is 8.50. The Hall–Kier alpha value is -2.00. The molecule has 0 bridgehead atoms. The van der Waals surface area contributed by atoms with Crippen LogP contribution in [0.5, 0.6) is 0 Å². The molecule has 2 aromatic rings. The van der Waals surface area contributed by atoms with Gasteiger partial charge in [-0.1, -0.05) is 59.8 Å². The molecule has 202 valence electrons. The van der Waals surface area contributed by atoms with Gasteiger partial charge in [0.25, 0.3) is 0 Å². The summed E-state index contributed by atoms with van der Waals surface area (Å²) in [5.41, 5.74) is 1.05. The van der Waals surface area contributed by atoms with Gasteiger partial charge in [0.05, 0.1) is 17.0 Å². The zero-order valence-electron chi connectivity index (χ0n) is 20.9. The molecule has 0 saturated heterocycles. The molecule has 0 aromatic heterocycles. The molecule has 2 amide bonds. The molecule has 0 aliphatic heterocycles. The topological polar surface area (TPSA) is 86.8 Å². The fourth-order valence-corrected chi connectivity index (χ4v) is 6.08. The van der Waals surface area contributed by atoms with Gasteiger partial charge in [0.15, 0.2) is 0 Å². The Bertz CT molecular complexity index is 1220. The number of carbonyl (C=O) groups excluding carboxylic acids is 2. The van der Waals surface area contributed by atoms with Gasteiger partial charge in [-0.25, -0.2) is 8.42 Å². The predicted molar refractivity (Wildman–Crippen MR) is 150 cm³/mol. The van der Waals surface area contributed by atoms with Gasteiger partial charge >= 0.3 is 0 Å². The van der Waals surface area contributed by atoms with Crippen molar-refractivity contribution in [2.24, 2.45) is 0 Å². The lowest BCUT2D eigenvalue weighted by Crippen LogP contribution is -2.49. The Kier molecular flexibility index (Phi) is 10.5. The average molecular weight is 589 g/mol. The standard InChI is InChI=1S/C26H32Cl3N3O4S/c1-18(26(34)30-22-9-3-4-10-22)31(17-19-7-5-8-20(27)15-19)25(33)11-6-14-32(37(2,35)36)24-16-21(28)12-13-23(24)29/h5,7-8,12-13,15-16,18,22H,3-4,6,9-11,14,17H2,1-2H3,(H,30,34). The lowest BCUT2D eigenvalue weighted by molar-refractivity contribution is -0.141. The van der Waals surface area contributed by atoms with Gasteiger partial charge in [-0.3, -0.25) is 13.9 Å². The van der Waals surface area contributed by atoms with Crippen LogP contribution in [0.4, 0.5) is 5.69 Å². The quantitative estimate of drug-likeness (QED) is 0.367. The van der Waals surface area contributed by atoms with Gasteiger partial charge in [0, 0.05) is 35.6 Å². The number of hydrogen-bond acceptors (Lipinski definition) is 4. The van der Waals surface area contributed by atoms with Gasteiger partial charge < -0.3 is 10.2 Å². The first kappa shape index (κ1) is 29.6. The summed E-state index contributed by atoms with van der Waals surface area (Å²) in [7, 11) is -3.69. The van der Waals surface area contributed by atoms with E-state index in [1.807, 2.05) is 6.07 Å². The molecule has 1 aliphatic rings. The Morgan fingerprint density at radius 1 is 1.05 bits per heavy atom. The summed E-state index contributed by atoms with van der Waals surface area (Å²) in [6.07, 6.45) is 5.37. The van der Waals surface area contributed by atoms with E-state index in [0.29, 0.717) is 10.0 Å². The highest BCUT2D eigenvalue weighted by atomic mass is 35.5. The van der Waals surface area contributed by atoms with Crippen LogP contribution in [0.1, 0.15) is 51.0 Å². The first-order valence-corrected chi connectivity index (χ1v) is 15.2. The van der Waals surface area contributed by atoms with Gasteiger partial charge in [0.2, 0.25) is 21.8 Å². The lowest BCUT2D eigenvalue weighted by Gasteiger charge is -2.30. The minimum Gasteiger partial charge on any atom is -0.352 e. The Labute approximate surface area is 234 Å². The van der Waals surface area contributed by atoms with E-state index < -0.39 is 16.1 Å². The molecular formula is C26H32Cl3N3O4S. The summed E-state index contributed by atoms with van der Waals surface area (Å²) in [6, 6.07) is 11.1. The Morgan fingerprint density at radius 3 is 2.38 bits per heavy atom. The molecule has 2 aromatic carbocycles. The van der Waals surface area contributed by atoms with E-state index in [0.717, 1.165) is 41.8 Å². The van der Waals surface area contributed by atoms with E-state index in [-0.39, 0.29) is 54.5 Å². The first-order valence-electron chi connectivity index (χ1n) is 12.2. The molecule has 11 heteroatoms. The molecular weight excluding hydrogens is 557 g/mol. The highest BCUT2D eigenvalue weighted by Gasteiger charge is 2.29. The minimum absolute atomic E-state index is 0.0261. The fourth-order valence-electron chi connectivity index (χ4n) is 4.47. The third-order valence-corrected chi connectivity index (χ3v) is 8.41. The molecule has 37 heavy (non-hydrogen) atoms. The van der Waals surface area contributed by atoms with E-state index in [4.69, 9.17) is 34.8 Å². The van der Waals surface area contributed by atoms with E-state index in [1.165, 1.54) is 17.0 Å². The van der Waals surface area contributed by atoms with Crippen LogP contribution in [0.3, 0.4) is 0 Å². The second-order valence-corrected chi connectivity index (χ2v) is 12.5. The summed E-state index contributed by atoms with van der Waals surface area (Å²) >= 11 is 18.4. The molecule has 7 nitrogen and oxygen atoms in total. The van der Waals surface area contributed by atoms with Crippen LogP contribution >= 0.6 is 34.8 Å². The van der Waals surface area contributed by atoms with Crippen molar-refractivity contribution in [3.63, 3.8) is 0 Å². The third-order valence-electron chi connectivity index (χ3n) is 6.44. The maximum Gasteiger partial charge on any atom is 0.242 e. The van der Waals surface area contributed by atoms with E-state index in [1.54, 1.807) is 31.2 Å². The first-order chi connectivity index (χ1) is 17.5. The molecule has 0 heterocycles. The van der Waals surface area contributed by atoms with Gasteiger partial charge in [-0.2, -0.15) is 0 Å². The van der Waals surface area contributed by atoms with Crippen molar-refractivity contribution in [1.29, 1.82) is 0 Å². The molecule has 1 atom stereocenters. The van der Waals surface area contributed by atoms with Gasteiger partial charge in [-0.05, 0) is 62.1 Å². The number of nitrogens with zero attached hydrogens (tertiary/aromatic N) is 2. The molecule has 1 fully saturated rings. The summed E-state index contributed by atoms with van der Waals surface area (Å²) in [5, 5.41) is 4.19. The minimum atomic E-state index is -3.69. The van der Waals surface area contributed by atoms with Crippen LogP contribution in [-0.4, -0.2) is 50.0 Å². The molecule has 1 saturated carbocycles. The van der Waals surface area contributed by atoms with E-state index in [2.05, 4.69) is 5.32 Å². The largest absolute Gasteiger partial charge is 0.352 e. The van der Waals surface area contributed by atoms with Crippen molar-refractivity contribution < 1.29 is 18.0 Å². The SMILES string of the molecule is CC(C(=O)NC1CCCC1)N(Cc1cccc(Cl)c1)C(=O)CCCN(c1cc(Cl)ccc1Cl)S(C)(=O)=O. The highest BCUT2D eigenvalue weighted by Crippen LogP contribution is 2.31. The van der Waals surface area contributed by atoms with Crippen molar-refractivity contribution in [3.05, 3.63) is 63.1 Å². The second-order valence-electron chi connectivity index (χ2n) is 9.35. The molecule has 0 radical (unpaired) electrons.